The molecule has 33 heavy (non-hydrogen) atoms. The number of hydrogen-bond acceptors (Lipinski definition) is 5. The highest BCUT2D eigenvalue weighted by atomic mass is 35.5. The lowest BCUT2D eigenvalue weighted by atomic mass is 9.96. The maximum Gasteiger partial charge on any atom is 0.261 e. The first-order chi connectivity index (χ1) is 16.0. The quantitative estimate of drug-likeness (QED) is 0.360. The number of hydrogen-bond donors (Lipinski definition) is 1. The van der Waals surface area contributed by atoms with Gasteiger partial charge in [-0.3, -0.25) is 4.79 Å². The minimum atomic E-state index is -0.343. The smallest absolute Gasteiger partial charge is 0.261 e. The normalized spacial score (nSPS) is 13.5. The molecule has 2 heterocycles. The van der Waals surface area contributed by atoms with E-state index in [-0.39, 0.29) is 17.0 Å². The Morgan fingerprint density at radius 3 is 2.85 bits per heavy atom. The lowest BCUT2D eigenvalue weighted by molar-refractivity contribution is 0.102. The predicted molar refractivity (Wildman–Crippen MR) is 131 cm³/mol. The zero-order valence-corrected chi connectivity index (χ0v) is 19.5. The Morgan fingerprint density at radius 1 is 1.18 bits per heavy atom. The van der Waals surface area contributed by atoms with Crippen molar-refractivity contribution in [3.63, 3.8) is 0 Å². The van der Waals surface area contributed by atoms with Crippen molar-refractivity contribution in [3.05, 3.63) is 86.2 Å². The van der Waals surface area contributed by atoms with E-state index in [2.05, 4.69) is 11.4 Å². The van der Waals surface area contributed by atoms with Gasteiger partial charge in [0.1, 0.15) is 22.2 Å². The summed E-state index contributed by atoms with van der Waals surface area (Å²) in [4.78, 5) is 19.2. The van der Waals surface area contributed by atoms with Crippen molar-refractivity contribution < 1.29 is 9.21 Å². The van der Waals surface area contributed by atoms with Crippen LogP contribution in [0.3, 0.4) is 0 Å². The molecule has 7 heteroatoms. The van der Waals surface area contributed by atoms with Gasteiger partial charge in [-0.15, -0.1) is 11.3 Å². The molecule has 0 saturated carbocycles. The van der Waals surface area contributed by atoms with Crippen molar-refractivity contribution in [1.29, 1.82) is 5.26 Å². The van der Waals surface area contributed by atoms with Crippen LogP contribution in [-0.2, 0) is 12.8 Å². The third-order valence-electron chi connectivity index (χ3n) is 5.70. The van der Waals surface area contributed by atoms with E-state index in [1.165, 1.54) is 16.2 Å². The molecule has 0 unspecified atom stereocenters. The van der Waals surface area contributed by atoms with Crippen LogP contribution in [0.25, 0.3) is 11.0 Å². The van der Waals surface area contributed by atoms with E-state index in [9.17, 15) is 10.1 Å². The van der Waals surface area contributed by atoms with Gasteiger partial charge in [-0.2, -0.15) is 5.26 Å². The predicted octanol–water partition coefficient (Wildman–Crippen LogP) is 6.69. The Labute approximate surface area is 200 Å². The highest BCUT2D eigenvalue weighted by Gasteiger charge is 2.21. The number of benzene rings is 2. The van der Waals surface area contributed by atoms with Crippen LogP contribution in [0.4, 0.5) is 10.7 Å². The fourth-order valence-electron chi connectivity index (χ4n) is 4.11. The van der Waals surface area contributed by atoms with Crippen LogP contribution < -0.4 is 10.9 Å². The van der Waals surface area contributed by atoms with Gasteiger partial charge in [-0.1, -0.05) is 23.7 Å². The SMILES string of the molecule is Cc1cccc(NC(=O)c2cc3cc(Cl)ccc3oc2=Nc2sc3c(c2C#N)CCCC3)c1. The maximum absolute atomic E-state index is 13.3. The zero-order valence-electron chi connectivity index (χ0n) is 17.9. The lowest BCUT2D eigenvalue weighted by Crippen LogP contribution is -2.21. The molecule has 0 radical (unpaired) electrons. The molecule has 5 rings (SSSR count). The van der Waals surface area contributed by atoms with Gasteiger partial charge in [0.05, 0.1) is 5.56 Å². The van der Waals surface area contributed by atoms with Crippen molar-refractivity contribution in [1.82, 2.24) is 0 Å². The summed E-state index contributed by atoms with van der Waals surface area (Å²) in [6.45, 7) is 1.96. The van der Waals surface area contributed by atoms with E-state index in [0.29, 0.717) is 32.2 Å². The number of amides is 1. The molecule has 1 amide bonds. The van der Waals surface area contributed by atoms with Crippen LogP contribution in [0.15, 0.2) is 57.9 Å². The Hall–Kier alpha value is -3.40. The number of nitriles is 1. The number of aryl methyl sites for hydroxylation is 2. The molecule has 0 saturated heterocycles. The first-order valence-corrected chi connectivity index (χ1v) is 11.9. The van der Waals surface area contributed by atoms with Gasteiger partial charge in [-0.25, -0.2) is 4.99 Å². The summed E-state index contributed by atoms with van der Waals surface area (Å²) in [5.41, 5.74) is 4.41. The zero-order chi connectivity index (χ0) is 22.9. The third-order valence-corrected chi connectivity index (χ3v) is 7.12. The molecule has 2 aromatic heterocycles. The Balaban J connectivity index is 1.68. The molecule has 0 aliphatic heterocycles. The molecular formula is C26H20ClN3O2S. The Bertz CT molecular complexity index is 1510. The molecule has 2 aromatic carbocycles. The molecule has 4 aromatic rings. The van der Waals surface area contributed by atoms with Crippen LogP contribution in [-0.4, -0.2) is 5.91 Å². The lowest BCUT2D eigenvalue weighted by Gasteiger charge is -2.09. The molecule has 164 valence electrons. The van der Waals surface area contributed by atoms with E-state index >= 15 is 0 Å². The number of carbonyl (C=O) groups is 1. The molecule has 1 aliphatic carbocycles. The minimum absolute atomic E-state index is 0.171. The highest BCUT2D eigenvalue weighted by Crippen LogP contribution is 2.39. The number of nitrogens with zero attached hydrogens (tertiary/aromatic N) is 2. The number of fused-ring (bicyclic) bond motifs is 2. The summed E-state index contributed by atoms with van der Waals surface area (Å²) in [6, 6.07) is 16.9. The molecule has 1 aliphatic rings. The van der Waals surface area contributed by atoms with Crippen molar-refractivity contribution >= 4 is 50.5 Å². The number of anilines is 1. The molecular weight excluding hydrogens is 454 g/mol. The van der Waals surface area contributed by atoms with Gasteiger partial charge in [0, 0.05) is 21.0 Å². The second-order valence-electron chi connectivity index (χ2n) is 8.09. The van der Waals surface area contributed by atoms with Gasteiger partial charge in [0.25, 0.3) is 5.91 Å². The minimum Gasteiger partial charge on any atom is -0.437 e. The van der Waals surface area contributed by atoms with Crippen LogP contribution in [0.1, 0.15) is 44.8 Å². The Morgan fingerprint density at radius 2 is 2.03 bits per heavy atom. The van der Waals surface area contributed by atoms with E-state index in [4.69, 9.17) is 21.0 Å². The topological polar surface area (TPSA) is 78.4 Å². The highest BCUT2D eigenvalue weighted by molar-refractivity contribution is 7.16. The molecule has 1 N–H and O–H groups in total. The second kappa shape index (κ2) is 8.86. The van der Waals surface area contributed by atoms with Crippen LogP contribution in [0, 0.1) is 18.3 Å². The third kappa shape index (κ3) is 4.30. The van der Waals surface area contributed by atoms with Gasteiger partial charge < -0.3 is 9.73 Å². The number of rotatable bonds is 3. The van der Waals surface area contributed by atoms with Gasteiger partial charge >= 0.3 is 0 Å². The van der Waals surface area contributed by atoms with E-state index < -0.39 is 0 Å². The van der Waals surface area contributed by atoms with Crippen molar-refractivity contribution in [2.75, 3.05) is 5.32 Å². The number of halogens is 1. The molecule has 0 atom stereocenters. The number of nitrogens with one attached hydrogen (secondary N) is 1. The number of thiophene rings is 1. The largest absolute Gasteiger partial charge is 0.437 e. The summed E-state index contributed by atoms with van der Waals surface area (Å²) < 4.78 is 6.08. The molecule has 0 bridgehead atoms. The first-order valence-electron chi connectivity index (χ1n) is 10.7. The maximum atomic E-state index is 13.3. The summed E-state index contributed by atoms with van der Waals surface area (Å²) in [7, 11) is 0. The van der Waals surface area contributed by atoms with Gasteiger partial charge in [0.15, 0.2) is 0 Å². The molecule has 5 nitrogen and oxygen atoms in total. The summed E-state index contributed by atoms with van der Waals surface area (Å²) in [5.74, 6) is -0.343. The first kappa shape index (κ1) is 21.4. The van der Waals surface area contributed by atoms with Crippen LogP contribution in [0.5, 0.6) is 0 Å². The fourth-order valence-corrected chi connectivity index (χ4v) is 5.49. The summed E-state index contributed by atoms with van der Waals surface area (Å²) in [6.07, 6.45) is 4.03. The number of carbonyl (C=O) groups excluding carboxylic acids is 1. The van der Waals surface area contributed by atoms with Crippen molar-refractivity contribution in [2.24, 2.45) is 4.99 Å². The second-order valence-corrected chi connectivity index (χ2v) is 9.61. The average molecular weight is 474 g/mol. The van der Waals surface area contributed by atoms with Crippen LogP contribution in [0.2, 0.25) is 5.02 Å². The monoisotopic (exact) mass is 473 g/mol. The van der Waals surface area contributed by atoms with Crippen LogP contribution >= 0.6 is 22.9 Å². The fraction of sp³-hybridized carbons (Fsp3) is 0.192. The summed E-state index contributed by atoms with van der Waals surface area (Å²) in [5, 5.41) is 14.6. The van der Waals surface area contributed by atoms with Gasteiger partial charge in [0.2, 0.25) is 5.55 Å². The summed E-state index contributed by atoms with van der Waals surface area (Å²) >= 11 is 7.68. The van der Waals surface area contributed by atoms with Crippen molar-refractivity contribution in [3.8, 4) is 6.07 Å². The van der Waals surface area contributed by atoms with E-state index in [1.54, 1.807) is 24.3 Å². The van der Waals surface area contributed by atoms with Gasteiger partial charge in [-0.05, 0) is 80.1 Å². The standard InChI is InChI=1S/C26H20ClN3O2S/c1-15-5-4-6-18(11-15)29-24(31)20-13-16-12-17(27)9-10-22(16)32-25(20)30-26-21(14-28)19-7-2-3-8-23(19)33-26/h4-6,9-13H,2-3,7-8H2,1H3,(H,29,31). The van der Waals surface area contributed by atoms with E-state index in [0.717, 1.165) is 36.8 Å². The Kier molecular flexibility index (Phi) is 5.76. The average Bonchev–Trinajstić information content (AvgIpc) is 3.15. The van der Waals surface area contributed by atoms with Crippen molar-refractivity contribution in [2.45, 2.75) is 32.6 Å². The van der Waals surface area contributed by atoms with E-state index in [1.807, 2.05) is 31.2 Å². The molecule has 0 spiro atoms. The molecule has 0 fully saturated rings.